The highest BCUT2D eigenvalue weighted by Gasteiger charge is 2.25. The van der Waals surface area contributed by atoms with Crippen molar-refractivity contribution in [1.82, 2.24) is 5.32 Å². The molecule has 0 radical (unpaired) electrons. The van der Waals surface area contributed by atoms with E-state index in [4.69, 9.17) is 0 Å². The molecule has 1 aromatic rings. The van der Waals surface area contributed by atoms with Crippen molar-refractivity contribution in [3.63, 3.8) is 0 Å². The molecule has 2 atom stereocenters. The Labute approximate surface area is 99.7 Å². The van der Waals surface area contributed by atoms with Gasteiger partial charge in [0.1, 0.15) is 5.82 Å². The van der Waals surface area contributed by atoms with Crippen molar-refractivity contribution in [3.8, 4) is 0 Å². The Morgan fingerprint density at radius 2 is 2.29 bits per heavy atom. The van der Waals surface area contributed by atoms with Crippen molar-refractivity contribution in [2.75, 3.05) is 6.54 Å². The molecule has 1 aliphatic rings. The van der Waals surface area contributed by atoms with Crippen LogP contribution in [0.4, 0.5) is 4.39 Å². The fraction of sp³-hybridized carbons (Fsp3) is 0.462. The van der Waals surface area contributed by atoms with Gasteiger partial charge >= 0.3 is 0 Å². The summed E-state index contributed by atoms with van der Waals surface area (Å²) < 4.78 is 12.9. The number of aliphatic hydroxyl groups is 1. The lowest BCUT2D eigenvalue weighted by Gasteiger charge is -2.15. The van der Waals surface area contributed by atoms with Crippen LogP contribution in [0.5, 0.6) is 0 Å². The molecule has 1 fully saturated rings. The minimum absolute atomic E-state index is 0.132. The largest absolute Gasteiger partial charge is 0.393 e. The van der Waals surface area contributed by atoms with E-state index in [1.807, 2.05) is 0 Å². The summed E-state index contributed by atoms with van der Waals surface area (Å²) in [5, 5.41) is 12.3. The number of hydrogen-bond donors (Lipinski definition) is 2. The molecular weight excluding hydrogens is 221 g/mol. The van der Waals surface area contributed by atoms with Gasteiger partial charge in [0.05, 0.1) is 6.10 Å². The number of rotatable bonds is 3. The first-order valence-corrected chi connectivity index (χ1v) is 5.88. The summed E-state index contributed by atoms with van der Waals surface area (Å²) in [6.07, 6.45) is 2.43. The van der Waals surface area contributed by atoms with Crippen LogP contribution >= 0.6 is 0 Å². The Morgan fingerprint density at radius 3 is 2.94 bits per heavy atom. The second-order valence-corrected chi connectivity index (χ2v) is 4.48. The minimum atomic E-state index is -0.418. The van der Waals surface area contributed by atoms with Gasteiger partial charge in [0.2, 0.25) is 0 Å². The first-order valence-electron chi connectivity index (χ1n) is 5.88. The number of carbonyl (C=O) groups is 1. The fourth-order valence-corrected chi connectivity index (χ4v) is 2.21. The van der Waals surface area contributed by atoms with Crippen LogP contribution in [0.25, 0.3) is 0 Å². The predicted octanol–water partition coefficient (Wildman–Crippen LogP) is 1.72. The first-order chi connectivity index (χ1) is 8.16. The zero-order valence-corrected chi connectivity index (χ0v) is 9.53. The van der Waals surface area contributed by atoms with E-state index >= 15 is 0 Å². The number of aliphatic hydroxyl groups excluding tert-OH is 1. The average molecular weight is 237 g/mol. The van der Waals surface area contributed by atoms with E-state index in [0.29, 0.717) is 12.1 Å². The van der Waals surface area contributed by atoms with Gasteiger partial charge in [0, 0.05) is 18.0 Å². The Kier molecular flexibility index (Phi) is 3.74. The molecule has 2 N–H and O–H groups in total. The van der Waals surface area contributed by atoms with Crippen molar-refractivity contribution in [2.45, 2.75) is 25.4 Å². The van der Waals surface area contributed by atoms with E-state index in [2.05, 4.69) is 5.32 Å². The normalized spacial score (nSPS) is 23.6. The van der Waals surface area contributed by atoms with Gasteiger partial charge in [-0.2, -0.15) is 0 Å². The monoisotopic (exact) mass is 237 g/mol. The van der Waals surface area contributed by atoms with E-state index in [9.17, 15) is 14.3 Å². The molecule has 17 heavy (non-hydrogen) atoms. The molecule has 0 bridgehead atoms. The van der Waals surface area contributed by atoms with Crippen LogP contribution in [-0.2, 0) is 0 Å². The van der Waals surface area contributed by atoms with Crippen molar-refractivity contribution < 1.29 is 14.3 Å². The molecule has 2 unspecified atom stereocenters. The van der Waals surface area contributed by atoms with Gasteiger partial charge in [-0.25, -0.2) is 4.39 Å². The van der Waals surface area contributed by atoms with Crippen LogP contribution in [-0.4, -0.2) is 23.7 Å². The maximum Gasteiger partial charge on any atom is 0.251 e. The van der Waals surface area contributed by atoms with Gasteiger partial charge < -0.3 is 10.4 Å². The second-order valence-electron chi connectivity index (χ2n) is 4.48. The first kappa shape index (κ1) is 12.0. The molecule has 0 spiro atoms. The molecular formula is C13H16FNO2. The van der Waals surface area contributed by atoms with Gasteiger partial charge in [-0.05, 0) is 31.0 Å². The van der Waals surface area contributed by atoms with Crippen molar-refractivity contribution in [2.24, 2.45) is 5.92 Å². The molecule has 1 amide bonds. The third-order valence-electron chi connectivity index (χ3n) is 3.23. The molecule has 3 nitrogen and oxygen atoms in total. The molecule has 0 heterocycles. The van der Waals surface area contributed by atoms with E-state index in [0.717, 1.165) is 19.3 Å². The number of carbonyl (C=O) groups excluding carboxylic acids is 1. The number of benzene rings is 1. The molecule has 0 aromatic heterocycles. The highest BCUT2D eigenvalue weighted by atomic mass is 19.1. The summed E-state index contributed by atoms with van der Waals surface area (Å²) in [5.74, 6) is -0.574. The van der Waals surface area contributed by atoms with E-state index in [1.165, 1.54) is 18.2 Å². The Bertz CT molecular complexity index is 408. The van der Waals surface area contributed by atoms with Gasteiger partial charge in [-0.1, -0.05) is 12.5 Å². The minimum Gasteiger partial charge on any atom is -0.393 e. The van der Waals surface area contributed by atoms with Crippen LogP contribution in [0, 0.1) is 11.7 Å². The lowest BCUT2D eigenvalue weighted by Crippen LogP contribution is -2.32. The fourth-order valence-electron chi connectivity index (χ4n) is 2.21. The number of amides is 1. The number of hydrogen-bond acceptors (Lipinski definition) is 2. The van der Waals surface area contributed by atoms with Crippen LogP contribution in [0.1, 0.15) is 29.6 Å². The molecule has 4 heteroatoms. The summed E-state index contributed by atoms with van der Waals surface area (Å²) in [4.78, 5) is 11.7. The standard InChI is InChI=1S/C13H16FNO2/c14-11-5-1-3-9(7-11)13(17)15-8-10-4-2-6-12(10)16/h1,3,5,7,10,12,16H,2,4,6,8H2,(H,15,17). The SMILES string of the molecule is O=C(NCC1CCCC1O)c1cccc(F)c1. The number of halogens is 1. The predicted molar refractivity (Wildman–Crippen MR) is 62.1 cm³/mol. The molecule has 1 aliphatic carbocycles. The summed E-state index contributed by atoms with van der Waals surface area (Å²) in [6.45, 7) is 0.455. The quantitative estimate of drug-likeness (QED) is 0.841. The van der Waals surface area contributed by atoms with E-state index in [-0.39, 0.29) is 17.9 Å². The lowest BCUT2D eigenvalue weighted by atomic mass is 10.1. The van der Waals surface area contributed by atoms with Crippen LogP contribution in [0.3, 0.4) is 0 Å². The summed E-state index contributed by atoms with van der Waals surface area (Å²) in [7, 11) is 0. The maximum absolute atomic E-state index is 12.9. The molecule has 92 valence electrons. The molecule has 1 aromatic carbocycles. The molecule has 2 rings (SSSR count). The Hall–Kier alpha value is -1.42. The van der Waals surface area contributed by atoms with Crippen LogP contribution in [0.15, 0.2) is 24.3 Å². The zero-order valence-electron chi connectivity index (χ0n) is 9.53. The summed E-state index contributed by atoms with van der Waals surface area (Å²) >= 11 is 0. The average Bonchev–Trinajstić information content (AvgIpc) is 2.72. The highest BCUT2D eigenvalue weighted by Crippen LogP contribution is 2.24. The summed E-state index contributed by atoms with van der Waals surface area (Å²) in [5.41, 5.74) is 0.317. The molecule has 0 saturated heterocycles. The summed E-state index contributed by atoms with van der Waals surface area (Å²) in [6, 6.07) is 5.59. The van der Waals surface area contributed by atoms with Crippen LogP contribution < -0.4 is 5.32 Å². The van der Waals surface area contributed by atoms with Gasteiger partial charge in [0.25, 0.3) is 5.91 Å². The van der Waals surface area contributed by atoms with Crippen molar-refractivity contribution in [1.29, 1.82) is 0 Å². The Morgan fingerprint density at radius 1 is 1.47 bits per heavy atom. The van der Waals surface area contributed by atoms with Gasteiger partial charge in [-0.3, -0.25) is 4.79 Å². The smallest absolute Gasteiger partial charge is 0.251 e. The topological polar surface area (TPSA) is 49.3 Å². The van der Waals surface area contributed by atoms with Crippen molar-refractivity contribution in [3.05, 3.63) is 35.6 Å². The van der Waals surface area contributed by atoms with Crippen molar-refractivity contribution >= 4 is 5.91 Å². The lowest BCUT2D eigenvalue weighted by molar-refractivity contribution is 0.0916. The highest BCUT2D eigenvalue weighted by molar-refractivity contribution is 5.94. The molecule has 0 aliphatic heterocycles. The third-order valence-corrected chi connectivity index (χ3v) is 3.23. The van der Waals surface area contributed by atoms with E-state index in [1.54, 1.807) is 6.07 Å². The third kappa shape index (κ3) is 3.03. The second kappa shape index (κ2) is 5.27. The van der Waals surface area contributed by atoms with Gasteiger partial charge in [-0.15, -0.1) is 0 Å². The molecule has 1 saturated carbocycles. The van der Waals surface area contributed by atoms with E-state index < -0.39 is 5.82 Å². The Balaban J connectivity index is 1.89. The number of nitrogens with one attached hydrogen (secondary N) is 1. The zero-order chi connectivity index (χ0) is 12.3. The van der Waals surface area contributed by atoms with Gasteiger partial charge in [0.15, 0.2) is 0 Å². The maximum atomic E-state index is 12.9. The van der Waals surface area contributed by atoms with Crippen LogP contribution in [0.2, 0.25) is 0 Å².